The Morgan fingerprint density at radius 3 is 2.26 bits per heavy atom. The number of anilines is 1. The number of para-hydroxylation sites is 1. The fraction of sp³-hybridized carbons (Fsp3) is 0.414. The molecule has 42 heavy (non-hydrogen) atoms. The Morgan fingerprint density at radius 1 is 1.00 bits per heavy atom. The van der Waals surface area contributed by atoms with Crippen molar-refractivity contribution in [3.8, 4) is 0 Å². The van der Waals surface area contributed by atoms with Gasteiger partial charge < -0.3 is 37.4 Å². The van der Waals surface area contributed by atoms with Crippen LogP contribution >= 0.6 is 0 Å². The molecule has 0 bridgehead atoms. The molecule has 0 aliphatic heterocycles. The van der Waals surface area contributed by atoms with Gasteiger partial charge in [0.15, 0.2) is 0 Å². The smallest absolute Gasteiger partial charge is 0.386 e. The van der Waals surface area contributed by atoms with Gasteiger partial charge in [-0.25, -0.2) is 0 Å². The summed E-state index contributed by atoms with van der Waals surface area (Å²) in [6.07, 6.45) is -3.97. The average molecular weight is 591 g/mol. The van der Waals surface area contributed by atoms with Crippen molar-refractivity contribution in [1.82, 2.24) is 10.3 Å². The number of likely N-dealkylation sites (N-methyl/N-ethyl adjacent to an activating group) is 1. The van der Waals surface area contributed by atoms with Crippen molar-refractivity contribution in [3.63, 3.8) is 0 Å². The third kappa shape index (κ3) is 8.94. The SMILES string of the molecule is C[N+](CCN)(CCN)CCC[C@H](N)C(=O)N[C@H](C(=O)Nc1cnc2ccccc2c1)[C@H](O)c1ccc(C(F)(F)F)cc1. The molecule has 3 rings (SSSR count). The van der Waals surface area contributed by atoms with Crippen molar-refractivity contribution in [2.24, 2.45) is 17.2 Å². The average Bonchev–Trinajstić information content (AvgIpc) is 2.95. The summed E-state index contributed by atoms with van der Waals surface area (Å²) in [5.74, 6) is -1.49. The second-order valence-electron chi connectivity index (χ2n) is 10.6. The summed E-state index contributed by atoms with van der Waals surface area (Å²) >= 11 is 0. The van der Waals surface area contributed by atoms with E-state index < -0.39 is 41.7 Å². The Bertz CT molecular complexity index is 1330. The maximum Gasteiger partial charge on any atom is 0.416 e. The molecular formula is C29H39F3N7O3+. The van der Waals surface area contributed by atoms with Crippen LogP contribution in [0.2, 0.25) is 0 Å². The van der Waals surface area contributed by atoms with Gasteiger partial charge in [0.2, 0.25) is 11.8 Å². The highest BCUT2D eigenvalue weighted by molar-refractivity contribution is 5.99. The molecule has 0 spiro atoms. The number of aliphatic hydroxyl groups excluding tert-OH is 1. The Balaban J connectivity index is 1.77. The number of rotatable bonds is 14. The number of hydrogen-bond acceptors (Lipinski definition) is 7. The van der Waals surface area contributed by atoms with Crippen LogP contribution in [0, 0.1) is 0 Å². The van der Waals surface area contributed by atoms with E-state index in [4.69, 9.17) is 17.2 Å². The van der Waals surface area contributed by atoms with Crippen molar-refractivity contribution in [2.75, 3.05) is 45.1 Å². The molecule has 9 N–H and O–H groups in total. The summed E-state index contributed by atoms with van der Waals surface area (Å²) in [5.41, 5.74) is 17.7. The minimum Gasteiger partial charge on any atom is -0.386 e. The van der Waals surface area contributed by atoms with Crippen molar-refractivity contribution >= 4 is 28.4 Å². The first-order chi connectivity index (χ1) is 19.9. The Kier molecular flexibility index (Phi) is 11.4. The first-order valence-corrected chi connectivity index (χ1v) is 13.7. The molecule has 1 heterocycles. The first-order valence-electron chi connectivity index (χ1n) is 13.7. The zero-order chi connectivity index (χ0) is 30.9. The van der Waals surface area contributed by atoms with E-state index in [1.54, 1.807) is 18.2 Å². The molecule has 0 radical (unpaired) electrons. The van der Waals surface area contributed by atoms with Gasteiger partial charge in [0.25, 0.3) is 0 Å². The zero-order valence-corrected chi connectivity index (χ0v) is 23.5. The predicted molar refractivity (Wildman–Crippen MR) is 155 cm³/mol. The molecule has 0 aliphatic rings. The molecule has 0 saturated heterocycles. The predicted octanol–water partition coefficient (Wildman–Crippen LogP) is 1.88. The summed E-state index contributed by atoms with van der Waals surface area (Å²) < 4.78 is 39.8. The van der Waals surface area contributed by atoms with Gasteiger partial charge in [-0.1, -0.05) is 30.3 Å². The normalized spacial score (nSPS) is 14.3. The number of nitrogens with one attached hydrogen (secondary N) is 2. The van der Waals surface area contributed by atoms with Crippen LogP contribution in [0.5, 0.6) is 0 Å². The highest BCUT2D eigenvalue weighted by atomic mass is 19.4. The van der Waals surface area contributed by atoms with Gasteiger partial charge in [0.05, 0.1) is 55.7 Å². The van der Waals surface area contributed by atoms with Gasteiger partial charge in [0, 0.05) is 18.5 Å². The summed E-state index contributed by atoms with van der Waals surface area (Å²) in [4.78, 5) is 30.7. The molecule has 10 nitrogen and oxygen atoms in total. The van der Waals surface area contributed by atoms with Crippen molar-refractivity contribution in [2.45, 2.75) is 37.2 Å². The fourth-order valence-corrected chi connectivity index (χ4v) is 4.75. The quantitative estimate of drug-likeness (QED) is 0.156. The number of carbonyl (C=O) groups is 2. The molecule has 228 valence electrons. The number of amides is 2. The number of quaternary nitrogens is 1. The number of halogens is 3. The van der Waals surface area contributed by atoms with Gasteiger partial charge in [-0.15, -0.1) is 0 Å². The zero-order valence-electron chi connectivity index (χ0n) is 23.5. The number of aromatic nitrogens is 1. The monoisotopic (exact) mass is 590 g/mol. The number of nitrogens with zero attached hydrogens (tertiary/aromatic N) is 2. The van der Waals surface area contributed by atoms with Gasteiger partial charge in [-0.05, 0) is 42.7 Å². The topological polar surface area (TPSA) is 169 Å². The van der Waals surface area contributed by atoms with E-state index in [1.807, 2.05) is 19.2 Å². The molecular weight excluding hydrogens is 551 g/mol. The molecule has 3 aromatic rings. The van der Waals surface area contributed by atoms with Crippen LogP contribution in [0.15, 0.2) is 60.8 Å². The van der Waals surface area contributed by atoms with E-state index in [1.165, 1.54) is 6.20 Å². The van der Waals surface area contributed by atoms with Crippen LogP contribution in [0.1, 0.15) is 30.1 Å². The van der Waals surface area contributed by atoms with E-state index in [9.17, 15) is 27.9 Å². The standard InChI is InChI=1S/C29H38F3N7O3/c1-39(15-12-33,16-13-34)14-4-6-23(35)27(41)38-25(26(40)19-8-10-21(11-9-19)29(30,31)32)28(42)37-22-17-20-5-2-3-7-24(20)36-18-22/h2-3,5,7-11,17-18,23,25-26,40H,4,6,12-16,33-35H2,1H3,(H-,37,38,41,42)/p+1/t23-,25-,26+/m0/s1. The van der Waals surface area contributed by atoms with Gasteiger partial charge in [-0.2, -0.15) is 13.2 Å². The van der Waals surface area contributed by atoms with Crippen LogP contribution in [0.25, 0.3) is 10.9 Å². The maximum absolute atomic E-state index is 13.4. The molecule has 0 unspecified atom stereocenters. The molecule has 3 atom stereocenters. The lowest BCUT2D eigenvalue weighted by Gasteiger charge is -2.34. The van der Waals surface area contributed by atoms with Gasteiger partial charge in [-0.3, -0.25) is 14.6 Å². The molecule has 13 heteroatoms. The third-order valence-electron chi connectivity index (χ3n) is 7.22. The van der Waals surface area contributed by atoms with E-state index in [2.05, 4.69) is 15.6 Å². The van der Waals surface area contributed by atoms with E-state index in [0.29, 0.717) is 54.8 Å². The second-order valence-corrected chi connectivity index (χ2v) is 10.6. The number of benzene rings is 2. The number of pyridine rings is 1. The largest absolute Gasteiger partial charge is 0.416 e. The minimum atomic E-state index is -4.58. The number of aliphatic hydroxyl groups is 1. The van der Waals surface area contributed by atoms with E-state index >= 15 is 0 Å². The molecule has 2 amide bonds. The summed E-state index contributed by atoms with van der Waals surface area (Å²) in [6, 6.07) is 10.0. The highest BCUT2D eigenvalue weighted by Gasteiger charge is 2.34. The number of hydrogen-bond donors (Lipinski definition) is 6. The van der Waals surface area contributed by atoms with Crippen LogP contribution in [0.3, 0.4) is 0 Å². The lowest BCUT2D eigenvalue weighted by molar-refractivity contribution is -0.907. The minimum absolute atomic E-state index is 0.00490. The Labute approximate surface area is 242 Å². The van der Waals surface area contributed by atoms with Crippen molar-refractivity contribution in [1.29, 1.82) is 0 Å². The van der Waals surface area contributed by atoms with Crippen molar-refractivity contribution < 1.29 is 32.3 Å². The fourth-order valence-electron chi connectivity index (χ4n) is 4.75. The molecule has 0 saturated carbocycles. The van der Waals surface area contributed by atoms with E-state index in [0.717, 1.165) is 29.7 Å². The number of carbonyl (C=O) groups excluding carboxylic acids is 2. The van der Waals surface area contributed by atoms with Crippen LogP contribution in [0.4, 0.5) is 18.9 Å². The first kappa shape index (κ1) is 32.9. The summed E-state index contributed by atoms with van der Waals surface area (Å²) in [5, 5.41) is 17.0. The molecule has 0 fully saturated rings. The summed E-state index contributed by atoms with van der Waals surface area (Å²) in [6.45, 7) is 3.07. The second kappa shape index (κ2) is 14.5. The van der Waals surface area contributed by atoms with Crippen molar-refractivity contribution in [3.05, 3.63) is 71.9 Å². The summed E-state index contributed by atoms with van der Waals surface area (Å²) in [7, 11) is 2.02. The molecule has 1 aromatic heterocycles. The number of fused-ring (bicyclic) bond motifs is 1. The lowest BCUT2D eigenvalue weighted by atomic mass is 9.99. The number of alkyl halides is 3. The lowest BCUT2D eigenvalue weighted by Crippen LogP contribution is -2.53. The van der Waals surface area contributed by atoms with Gasteiger partial charge >= 0.3 is 6.18 Å². The van der Waals surface area contributed by atoms with Gasteiger partial charge in [0.1, 0.15) is 12.1 Å². The van der Waals surface area contributed by atoms with E-state index in [-0.39, 0.29) is 12.0 Å². The molecule has 0 aliphatic carbocycles. The van der Waals surface area contributed by atoms with Crippen LogP contribution in [-0.4, -0.2) is 78.2 Å². The Morgan fingerprint density at radius 2 is 1.64 bits per heavy atom. The molecule has 2 aromatic carbocycles. The van der Waals surface area contributed by atoms with Crippen LogP contribution < -0.4 is 27.8 Å². The maximum atomic E-state index is 13.4. The Hall–Kier alpha value is -3.62. The van der Waals surface area contributed by atoms with Crippen LogP contribution in [-0.2, 0) is 15.8 Å². The highest BCUT2D eigenvalue weighted by Crippen LogP contribution is 2.30. The third-order valence-corrected chi connectivity index (χ3v) is 7.22. The number of nitrogens with two attached hydrogens (primary N) is 3.